The quantitative estimate of drug-likeness (QED) is 0.590. The van der Waals surface area contributed by atoms with Gasteiger partial charge in [0.05, 0.1) is 12.4 Å². The molecule has 0 spiro atoms. The summed E-state index contributed by atoms with van der Waals surface area (Å²) in [4.78, 5) is 23.2. The number of amides is 1. The molecule has 0 unspecified atom stereocenters. The van der Waals surface area contributed by atoms with Gasteiger partial charge in [-0.05, 0) is 49.9 Å². The van der Waals surface area contributed by atoms with Crippen molar-refractivity contribution in [3.8, 4) is 0 Å². The van der Waals surface area contributed by atoms with E-state index < -0.39 is 0 Å². The van der Waals surface area contributed by atoms with E-state index in [2.05, 4.69) is 39.6 Å². The van der Waals surface area contributed by atoms with E-state index in [1.165, 1.54) is 5.56 Å². The molecule has 1 aromatic heterocycles. The van der Waals surface area contributed by atoms with E-state index in [1.54, 1.807) is 17.3 Å². The lowest BCUT2D eigenvalue weighted by Crippen LogP contribution is -2.31. The molecule has 0 aliphatic heterocycles. The Kier molecular flexibility index (Phi) is 6.73. The van der Waals surface area contributed by atoms with Gasteiger partial charge in [0, 0.05) is 18.8 Å². The van der Waals surface area contributed by atoms with Crippen LogP contribution in [0.2, 0.25) is 0 Å². The first-order valence-corrected chi connectivity index (χ1v) is 9.65. The van der Waals surface area contributed by atoms with E-state index in [0.717, 1.165) is 30.6 Å². The van der Waals surface area contributed by atoms with Gasteiger partial charge in [-0.25, -0.2) is 9.97 Å². The molecule has 1 amide bonds. The number of nitrogens with one attached hydrogen (secondary N) is 1. The van der Waals surface area contributed by atoms with Crippen molar-refractivity contribution in [2.45, 2.75) is 26.7 Å². The second-order valence-corrected chi connectivity index (χ2v) is 6.69. The highest BCUT2D eigenvalue weighted by molar-refractivity contribution is 6.04. The van der Waals surface area contributed by atoms with Crippen molar-refractivity contribution in [1.29, 1.82) is 0 Å². The van der Waals surface area contributed by atoms with Crippen LogP contribution in [0.3, 0.4) is 0 Å². The summed E-state index contributed by atoms with van der Waals surface area (Å²) in [7, 11) is 0. The van der Waals surface area contributed by atoms with Gasteiger partial charge in [0.1, 0.15) is 11.5 Å². The number of hydrogen-bond acceptors (Lipinski definition) is 4. The molecule has 28 heavy (non-hydrogen) atoms. The van der Waals surface area contributed by atoms with Gasteiger partial charge < -0.3 is 10.2 Å². The summed E-state index contributed by atoms with van der Waals surface area (Å²) < 4.78 is 0. The van der Waals surface area contributed by atoms with Crippen LogP contribution in [0.15, 0.2) is 67.0 Å². The maximum atomic E-state index is 12.8. The largest absolute Gasteiger partial charge is 0.369 e. The highest BCUT2D eigenvalue weighted by atomic mass is 16.2. The number of anilines is 2. The van der Waals surface area contributed by atoms with E-state index in [0.29, 0.717) is 18.1 Å². The summed E-state index contributed by atoms with van der Waals surface area (Å²) in [6.07, 6.45) is 5.18. The zero-order valence-corrected chi connectivity index (χ0v) is 16.4. The van der Waals surface area contributed by atoms with Crippen LogP contribution >= 0.6 is 0 Å². The molecule has 0 atom stereocenters. The Morgan fingerprint density at radius 3 is 2.54 bits per heavy atom. The Labute approximate surface area is 166 Å². The number of hydrogen-bond donors (Lipinski definition) is 1. The fourth-order valence-electron chi connectivity index (χ4n) is 3.06. The van der Waals surface area contributed by atoms with Crippen LogP contribution in [0.25, 0.3) is 0 Å². The lowest BCUT2D eigenvalue weighted by Gasteiger charge is -2.21. The number of rotatable bonds is 8. The molecule has 0 bridgehead atoms. The number of nitrogens with zero attached hydrogens (tertiary/aromatic N) is 3. The smallest absolute Gasteiger partial charge is 0.278 e. The molecule has 0 saturated carbocycles. The molecule has 1 heterocycles. The first-order valence-electron chi connectivity index (χ1n) is 9.65. The maximum Gasteiger partial charge on any atom is 0.278 e. The van der Waals surface area contributed by atoms with Gasteiger partial charge in [-0.3, -0.25) is 4.79 Å². The standard InChI is InChI=1S/C23H26N4O/c1-3-27(20-13-7-9-18(2)15-20)23(28)21-16-26-22(17-25-21)24-14-8-12-19-10-5-4-6-11-19/h4-7,9-11,13,15-17H,3,8,12,14H2,1-2H3,(H,24,26). The van der Waals surface area contributed by atoms with Crippen LogP contribution in [0.4, 0.5) is 11.5 Å². The average molecular weight is 374 g/mol. The number of benzene rings is 2. The number of aryl methyl sites for hydroxylation is 2. The summed E-state index contributed by atoms with van der Waals surface area (Å²) >= 11 is 0. The normalized spacial score (nSPS) is 10.5. The van der Waals surface area contributed by atoms with Crippen LogP contribution in [0.1, 0.15) is 35.0 Å². The summed E-state index contributed by atoms with van der Waals surface area (Å²) in [5.41, 5.74) is 3.66. The molecule has 0 aliphatic carbocycles. The molecular formula is C23H26N4O. The number of carbonyl (C=O) groups is 1. The molecule has 5 nitrogen and oxygen atoms in total. The average Bonchev–Trinajstić information content (AvgIpc) is 2.73. The molecule has 3 rings (SSSR count). The van der Waals surface area contributed by atoms with E-state index in [9.17, 15) is 4.79 Å². The topological polar surface area (TPSA) is 58.1 Å². The third kappa shape index (κ3) is 5.16. The minimum atomic E-state index is -0.142. The van der Waals surface area contributed by atoms with Crippen molar-refractivity contribution < 1.29 is 4.79 Å². The SMILES string of the molecule is CCN(C(=O)c1cnc(NCCCc2ccccc2)cn1)c1cccc(C)c1. The molecule has 5 heteroatoms. The highest BCUT2D eigenvalue weighted by Crippen LogP contribution is 2.18. The first kappa shape index (κ1) is 19.5. The van der Waals surface area contributed by atoms with E-state index in [-0.39, 0.29) is 5.91 Å². The highest BCUT2D eigenvalue weighted by Gasteiger charge is 2.17. The van der Waals surface area contributed by atoms with Gasteiger partial charge in [-0.2, -0.15) is 0 Å². The van der Waals surface area contributed by atoms with Gasteiger partial charge in [-0.15, -0.1) is 0 Å². The van der Waals surface area contributed by atoms with Crippen LogP contribution in [-0.2, 0) is 6.42 Å². The monoisotopic (exact) mass is 374 g/mol. The molecule has 3 aromatic rings. The van der Waals surface area contributed by atoms with Crippen LogP contribution in [0.5, 0.6) is 0 Å². The van der Waals surface area contributed by atoms with Crippen molar-refractivity contribution in [3.63, 3.8) is 0 Å². The lowest BCUT2D eigenvalue weighted by molar-refractivity contribution is 0.0983. The number of carbonyl (C=O) groups excluding carboxylic acids is 1. The lowest BCUT2D eigenvalue weighted by atomic mass is 10.1. The maximum absolute atomic E-state index is 12.8. The van der Waals surface area contributed by atoms with E-state index in [1.807, 2.05) is 44.2 Å². The predicted molar refractivity (Wildman–Crippen MR) is 114 cm³/mol. The van der Waals surface area contributed by atoms with Crippen molar-refractivity contribution >= 4 is 17.4 Å². The van der Waals surface area contributed by atoms with E-state index >= 15 is 0 Å². The Hall–Kier alpha value is -3.21. The molecule has 144 valence electrons. The Morgan fingerprint density at radius 2 is 1.86 bits per heavy atom. The zero-order chi connectivity index (χ0) is 19.8. The Morgan fingerprint density at radius 1 is 1.04 bits per heavy atom. The zero-order valence-electron chi connectivity index (χ0n) is 16.4. The van der Waals surface area contributed by atoms with Gasteiger partial charge >= 0.3 is 0 Å². The molecule has 2 aromatic carbocycles. The summed E-state index contributed by atoms with van der Waals surface area (Å²) in [5, 5.41) is 3.26. The van der Waals surface area contributed by atoms with E-state index in [4.69, 9.17) is 0 Å². The van der Waals surface area contributed by atoms with Crippen LogP contribution in [0, 0.1) is 6.92 Å². The predicted octanol–water partition coefficient (Wildman–Crippen LogP) is 4.50. The van der Waals surface area contributed by atoms with Gasteiger partial charge in [0.25, 0.3) is 5.91 Å². The summed E-state index contributed by atoms with van der Waals surface area (Å²) in [6, 6.07) is 18.3. The first-order chi connectivity index (χ1) is 13.7. The second kappa shape index (κ2) is 9.65. The molecule has 0 saturated heterocycles. The van der Waals surface area contributed by atoms with Crippen LogP contribution in [-0.4, -0.2) is 29.0 Å². The molecule has 0 aliphatic rings. The third-order valence-electron chi connectivity index (χ3n) is 4.54. The molecular weight excluding hydrogens is 348 g/mol. The van der Waals surface area contributed by atoms with Gasteiger partial charge in [0.2, 0.25) is 0 Å². The van der Waals surface area contributed by atoms with Crippen molar-refractivity contribution in [2.75, 3.05) is 23.3 Å². The summed E-state index contributed by atoms with van der Waals surface area (Å²) in [6.45, 7) is 5.35. The fourth-order valence-corrected chi connectivity index (χ4v) is 3.06. The van der Waals surface area contributed by atoms with Crippen molar-refractivity contribution in [3.05, 3.63) is 83.8 Å². The van der Waals surface area contributed by atoms with Gasteiger partial charge in [0.15, 0.2) is 0 Å². The third-order valence-corrected chi connectivity index (χ3v) is 4.54. The van der Waals surface area contributed by atoms with Gasteiger partial charge in [-0.1, -0.05) is 42.5 Å². The molecule has 0 fully saturated rings. The van der Waals surface area contributed by atoms with Crippen LogP contribution < -0.4 is 10.2 Å². The van der Waals surface area contributed by atoms with Crippen molar-refractivity contribution in [2.24, 2.45) is 0 Å². The fraction of sp³-hybridized carbons (Fsp3) is 0.261. The Bertz CT molecular complexity index is 894. The van der Waals surface area contributed by atoms with Crippen molar-refractivity contribution in [1.82, 2.24) is 9.97 Å². The molecule has 0 radical (unpaired) electrons. The Balaban J connectivity index is 1.56. The molecule has 1 N–H and O–H groups in total. The number of aromatic nitrogens is 2. The summed E-state index contributed by atoms with van der Waals surface area (Å²) in [5.74, 6) is 0.541. The minimum absolute atomic E-state index is 0.142. The second-order valence-electron chi connectivity index (χ2n) is 6.69. The minimum Gasteiger partial charge on any atom is -0.369 e.